The van der Waals surface area contributed by atoms with E-state index in [1.165, 1.54) is 0 Å². The van der Waals surface area contributed by atoms with Crippen LogP contribution in [0.4, 0.5) is 0 Å². The zero-order valence-corrected chi connectivity index (χ0v) is 18.3. The molecule has 0 bridgehead atoms. The van der Waals surface area contributed by atoms with E-state index in [0.29, 0.717) is 10.9 Å². The highest BCUT2D eigenvalue weighted by Crippen LogP contribution is 2.43. The van der Waals surface area contributed by atoms with E-state index in [-0.39, 0.29) is 18.0 Å². The van der Waals surface area contributed by atoms with Crippen LogP contribution < -0.4 is 15.9 Å². The molecule has 0 spiro atoms. The van der Waals surface area contributed by atoms with Gasteiger partial charge in [0, 0.05) is 28.0 Å². The molecule has 3 aromatic carbocycles. The van der Waals surface area contributed by atoms with E-state index in [9.17, 15) is 9.36 Å². The highest BCUT2D eigenvalue weighted by atomic mass is 31.2. The van der Waals surface area contributed by atoms with Gasteiger partial charge in [0.1, 0.15) is 0 Å². The first-order chi connectivity index (χ1) is 13.9. The van der Waals surface area contributed by atoms with Gasteiger partial charge in [-0.2, -0.15) is 0 Å². The molecule has 0 N–H and O–H groups in total. The SMILES string of the molecule is CC(C)N(C(=O)c1ccccc1P(=O)(c1ccccc1)c1ccccc1)C(C)C. The minimum atomic E-state index is -3.22. The molecule has 0 heterocycles. The lowest BCUT2D eigenvalue weighted by Crippen LogP contribution is -2.44. The fourth-order valence-corrected chi connectivity index (χ4v) is 6.68. The van der Waals surface area contributed by atoms with E-state index in [1.807, 2.05) is 111 Å². The highest BCUT2D eigenvalue weighted by Gasteiger charge is 2.35. The van der Waals surface area contributed by atoms with Crippen LogP contribution in [0.25, 0.3) is 0 Å². The number of hydrogen-bond acceptors (Lipinski definition) is 2. The first kappa shape index (κ1) is 21.1. The van der Waals surface area contributed by atoms with Crippen LogP contribution >= 0.6 is 7.14 Å². The van der Waals surface area contributed by atoms with Gasteiger partial charge < -0.3 is 9.46 Å². The number of carbonyl (C=O) groups is 1. The van der Waals surface area contributed by atoms with E-state index >= 15 is 0 Å². The maximum Gasteiger partial charge on any atom is 0.255 e. The summed E-state index contributed by atoms with van der Waals surface area (Å²) in [7, 11) is -3.22. The summed E-state index contributed by atoms with van der Waals surface area (Å²) >= 11 is 0. The molecule has 29 heavy (non-hydrogen) atoms. The normalized spacial score (nSPS) is 11.7. The number of carbonyl (C=O) groups excluding carboxylic acids is 1. The Morgan fingerprint density at radius 1 is 0.690 bits per heavy atom. The van der Waals surface area contributed by atoms with Crippen molar-refractivity contribution >= 4 is 29.0 Å². The molecule has 3 aromatic rings. The van der Waals surface area contributed by atoms with Crippen molar-refractivity contribution in [2.24, 2.45) is 0 Å². The van der Waals surface area contributed by atoms with Crippen molar-refractivity contribution in [2.45, 2.75) is 39.8 Å². The quantitative estimate of drug-likeness (QED) is 0.563. The van der Waals surface area contributed by atoms with Crippen LogP contribution in [0.15, 0.2) is 84.9 Å². The number of nitrogens with zero attached hydrogens (tertiary/aromatic N) is 1. The lowest BCUT2D eigenvalue weighted by Gasteiger charge is -2.32. The van der Waals surface area contributed by atoms with Gasteiger partial charge in [0.2, 0.25) is 0 Å². The van der Waals surface area contributed by atoms with Gasteiger partial charge in [0.15, 0.2) is 7.14 Å². The van der Waals surface area contributed by atoms with Crippen LogP contribution in [0.5, 0.6) is 0 Å². The first-order valence-electron chi connectivity index (χ1n) is 10.0. The lowest BCUT2D eigenvalue weighted by atomic mass is 10.1. The smallest absolute Gasteiger partial charge is 0.255 e. The third-order valence-electron chi connectivity index (χ3n) is 5.06. The van der Waals surface area contributed by atoms with Crippen molar-refractivity contribution in [3.05, 3.63) is 90.5 Å². The van der Waals surface area contributed by atoms with Gasteiger partial charge in [-0.15, -0.1) is 0 Å². The molecule has 3 rings (SSSR count). The van der Waals surface area contributed by atoms with Crippen LogP contribution in [0, 0.1) is 0 Å². The van der Waals surface area contributed by atoms with Gasteiger partial charge in [0.05, 0.1) is 5.56 Å². The van der Waals surface area contributed by atoms with Gasteiger partial charge in [-0.1, -0.05) is 78.9 Å². The van der Waals surface area contributed by atoms with E-state index in [0.717, 1.165) is 10.6 Å². The molecule has 0 saturated carbocycles. The third kappa shape index (κ3) is 4.06. The van der Waals surface area contributed by atoms with Gasteiger partial charge >= 0.3 is 0 Å². The Morgan fingerprint density at radius 3 is 1.55 bits per heavy atom. The second-order valence-corrected chi connectivity index (χ2v) is 10.4. The molecule has 0 aliphatic carbocycles. The van der Waals surface area contributed by atoms with Crippen molar-refractivity contribution in [2.75, 3.05) is 0 Å². The van der Waals surface area contributed by atoms with E-state index < -0.39 is 7.14 Å². The van der Waals surface area contributed by atoms with Gasteiger partial charge in [0.25, 0.3) is 5.91 Å². The van der Waals surface area contributed by atoms with Crippen molar-refractivity contribution in [1.82, 2.24) is 4.90 Å². The molecule has 1 amide bonds. The van der Waals surface area contributed by atoms with Crippen molar-refractivity contribution in [3.63, 3.8) is 0 Å². The Bertz CT molecular complexity index is 962. The van der Waals surface area contributed by atoms with Gasteiger partial charge in [-0.3, -0.25) is 4.79 Å². The number of hydrogen-bond donors (Lipinski definition) is 0. The second-order valence-electron chi connectivity index (χ2n) is 7.70. The standard InChI is InChI=1S/C25H28NO2P/c1-19(2)26(20(3)4)25(27)23-17-11-12-18-24(23)29(28,21-13-7-5-8-14-21)22-15-9-6-10-16-22/h5-20H,1-4H3. The summed E-state index contributed by atoms with van der Waals surface area (Å²) in [4.78, 5) is 15.4. The fourth-order valence-electron chi connectivity index (χ4n) is 3.84. The van der Waals surface area contributed by atoms with Crippen molar-refractivity contribution in [3.8, 4) is 0 Å². The largest absolute Gasteiger partial charge is 0.334 e. The van der Waals surface area contributed by atoms with Crippen LogP contribution in [0.2, 0.25) is 0 Å². The Morgan fingerprint density at radius 2 is 1.10 bits per heavy atom. The third-order valence-corrected chi connectivity index (χ3v) is 8.18. The van der Waals surface area contributed by atoms with E-state index in [2.05, 4.69) is 0 Å². The molecule has 0 aliphatic heterocycles. The summed E-state index contributed by atoms with van der Waals surface area (Å²) in [6.07, 6.45) is 0. The van der Waals surface area contributed by atoms with Gasteiger partial charge in [-0.05, 0) is 33.8 Å². The molecule has 150 valence electrons. The van der Waals surface area contributed by atoms with E-state index in [4.69, 9.17) is 0 Å². The molecular weight excluding hydrogens is 377 g/mol. The summed E-state index contributed by atoms with van der Waals surface area (Å²) in [5.41, 5.74) is 0.505. The molecule has 0 atom stereocenters. The molecule has 3 nitrogen and oxygen atoms in total. The Hall–Kier alpha value is -2.64. The Kier molecular flexibility index (Phi) is 6.39. The average Bonchev–Trinajstić information content (AvgIpc) is 2.74. The van der Waals surface area contributed by atoms with Crippen LogP contribution in [0.3, 0.4) is 0 Å². The highest BCUT2D eigenvalue weighted by molar-refractivity contribution is 7.85. The first-order valence-corrected chi connectivity index (χ1v) is 11.7. The average molecular weight is 405 g/mol. The summed E-state index contributed by atoms with van der Waals surface area (Å²) < 4.78 is 14.7. The van der Waals surface area contributed by atoms with Crippen molar-refractivity contribution < 1.29 is 9.36 Å². The summed E-state index contributed by atoms with van der Waals surface area (Å²) in [6, 6.07) is 26.4. The van der Waals surface area contributed by atoms with Crippen LogP contribution in [-0.2, 0) is 4.57 Å². The maximum atomic E-state index is 14.7. The second kappa shape index (κ2) is 8.80. The number of rotatable bonds is 6. The van der Waals surface area contributed by atoms with E-state index in [1.54, 1.807) is 6.07 Å². The predicted molar refractivity (Wildman–Crippen MR) is 122 cm³/mol. The number of benzene rings is 3. The van der Waals surface area contributed by atoms with Gasteiger partial charge in [-0.25, -0.2) is 0 Å². The molecule has 0 radical (unpaired) electrons. The Labute approximate surface area is 173 Å². The lowest BCUT2D eigenvalue weighted by molar-refractivity contribution is 0.0645. The van der Waals surface area contributed by atoms with Crippen LogP contribution in [-0.4, -0.2) is 22.9 Å². The molecule has 0 saturated heterocycles. The topological polar surface area (TPSA) is 37.4 Å². The zero-order chi connectivity index (χ0) is 21.0. The summed E-state index contributed by atoms with van der Waals surface area (Å²) in [6.45, 7) is 8.03. The van der Waals surface area contributed by atoms with Crippen molar-refractivity contribution in [1.29, 1.82) is 0 Å². The molecule has 0 aromatic heterocycles. The monoisotopic (exact) mass is 405 g/mol. The number of amides is 1. The molecule has 0 aliphatic rings. The molecule has 0 fully saturated rings. The fraction of sp³-hybridized carbons (Fsp3) is 0.240. The molecular formula is C25H28NO2P. The van der Waals surface area contributed by atoms with Crippen LogP contribution in [0.1, 0.15) is 38.1 Å². The minimum absolute atomic E-state index is 0.0448. The maximum absolute atomic E-state index is 14.7. The summed E-state index contributed by atoms with van der Waals surface area (Å²) in [5.74, 6) is -0.0855. The zero-order valence-electron chi connectivity index (χ0n) is 17.4. The molecule has 0 unspecified atom stereocenters. The molecule has 4 heteroatoms. The summed E-state index contributed by atoms with van der Waals surface area (Å²) in [5, 5.41) is 2.05. The Balaban J connectivity index is 2.27. The minimum Gasteiger partial charge on any atom is -0.334 e. The predicted octanol–water partition coefficient (Wildman–Crippen LogP) is 4.59.